The summed E-state index contributed by atoms with van der Waals surface area (Å²) in [4.78, 5) is 13.8. The number of rotatable bonds is 4. The van der Waals surface area contributed by atoms with E-state index in [0.717, 1.165) is 18.9 Å². The highest BCUT2D eigenvalue weighted by Crippen LogP contribution is 2.16. The Labute approximate surface area is 107 Å². The number of carbonyl (C=O) groups is 1. The summed E-state index contributed by atoms with van der Waals surface area (Å²) in [6, 6.07) is 3.58. The number of hydrogen-bond donors (Lipinski definition) is 1. The second-order valence-electron chi connectivity index (χ2n) is 4.32. The quantitative estimate of drug-likeness (QED) is 0.815. The van der Waals surface area contributed by atoms with E-state index in [4.69, 9.17) is 0 Å². The molecule has 96 valence electrons. The molecule has 1 saturated heterocycles. The highest BCUT2D eigenvalue weighted by atomic mass is 16.1. The summed E-state index contributed by atoms with van der Waals surface area (Å²) in [5.74, 6) is 0.641. The summed E-state index contributed by atoms with van der Waals surface area (Å²) < 4.78 is 0. The van der Waals surface area contributed by atoms with Crippen molar-refractivity contribution in [3.05, 3.63) is 30.5 Å². The van der Waals surface area contributed by atoms with Crippen LogP contribution in [-0.2, 0) is 0 Å². The number of anilines is 1. The molecule has 0 spiro atoms. The highest BCUT2D eigenvalue weighted by molar-refractivity contribution is 5.92. The van der Waals surface area contributed by atoms with Crippen molar-refractivity contribution in [1.29, 1.82) is 0 Å². The van der Waals surface area contributed by atoms with E-state index in [1.165, 1.54) is 19.3 Å². The van der Waals surface area contributed by atoms with E-state index < -0.39 is 0 Å². The zero-order chi connectivity index (χ0) is 12.8. The third kappa shape index (κ3) is 3.06. The Kier molecular flexibility index (Phi) is 4.28. The number of hydrogen-bond acceptors (Lipinski definition) is 4. The molecule has 0 bridgehead atoms. The van der Waals surface area contributed by atoms with Crippen LogP contribution in [0.25, 0.3) is 0 Å². The van der Waals surface area contributed by atoms with Gasteiger partial charge in [0.1, 0.15) is 0 Å². The summed E-state index contributed by atoms with van der Waals surface area (Å²) in [5, 5.41) is 10.8. The minimum atomic E-state index is -0.215. The number of nitrogens with zero attached hydrogens (tertiary/aromatic N) is 3. The molecule has 2 heterocycles. The van der Waals surface area contributed by atoms with Gasteiger partial charge in [0.2, 0.25) is 0 Å². The zero-order valence-corrected chi connectivity index (χ0v) is 10.4. The number of piperidine rings is 1. The number of amides is 1. The Morgan fingerprint density at radius 1 is 1.33 bits per heavy atom. The maximum absolute atomic E-state index is 11.6. The normalized spacial score (nSPS) is 15.2. The summed E-state index contributed by atoms with van der Waals surface area (Å²) in [7, 11) is 0. The van der Waals surface area contributed by atoms with Crippen LogP contribution in [0.4, 0.5) is 5.82 Å². The van der Waals surface area contributed by atoms with E-state index in [2.05, 4.69) is 27.0 Å². The van der Waals surface area contributed by atoms with Gasteiger partial charge >= 0.3 is 0 Å². The maximum Gasteiger partial charge on any atom is 0.272 e. The Morgan fingerprint density at radius 3 is 2.72 bits per heavy atom. The van der Waals surface area contributed by atoms with Crippen molar-refractivity contribution in [2.45, 2.75) is 19.3 Å². The first-order chi connectivity index (χ1) is 8.81. The molecule has 5 heteroatoms. The average molecular weight is 246 g/mol. The van der Waals surface area contributed by atoms with Gasteiger partial charge in [0.05, 0.1) is 0 Å². The van der Waals surface area contributed by atoms with Crippen LogP contribution in [0, 0.1) is 0 Å². The highest BCUT2D eigenvalue weighted by Gasteiger charge is 2.13. The molecular weight excluding hydrogens is 228 g/mol. The summed E-state index contributed by atoms with van der Waals surface area (Å²) in [6.45, 7) is 6.03. The molecule has 0 saturated carbocycles. The van der Waals surface area contributed by atoms with E-state index in [0.29, 0.717) is 12.2 Å². The number of carbonyl (C=O) groups excluding carboxylic acids is 1. The summed E-state index contributed by atoms with van der Waals surface area (Å²) >= 11 is 0. The molecule has 1 aromatic rings. The molecule has 5 nitrogen and oxygen atoms in total. The topological polar surface area (TPSA) is 58.1 Å². The Hall–Kier alpha value is -1.91. The van der Waals surface area contributed by atoms with Gasteiger partial charge in [0, 0.05) is 19.6 Å². The number of nitrogens with one attached hydrogen (secondary N) is 1. The molecule has 1 fully saturated rings. The lowest BCUT2D eigenvalue weighted by molar-refractivity contribution is 0.0952. The standard InChI is InChI=1S/C13H18N4O/c1-2-8-14-13(18)11-6-7-12(16-15-11)17-9-4-3-5-10-17/h2,6-7H,1,3-5,8-10H2,(H,14,18). The minimum Gasteiger partial charge on any atom is -0.355 e. The molecule has 1 aliphatic heterocycles. The van der Waals surface area contributed by atoms with E-state index in [-0.39, 0.29) is 5.91 Å². The fourth-order valence-electron chi connectivity index (χ4n) is 1.99. The van der Waals surface area contributed by atoms with Crippen LogP contribution in [0.3, 0.4) is 0 Å². The minimum absolute atomic E-state index is 0.215. The Morgan fingerprint density at radius 2 is 2.11 bits per heavy atom. The summed E-state index contributed by atoms with van der Waals surface area (Å²) in [6.07, 6.45) is 5.31. The second kappa shape index (κ2) is 6.14. The van der Waals surface area contributed by atoms with E-state index in [9.17, 15) is 4.79 Å². The molecule has 0 unspecified atom stereocenters. The molecule has 18 heavy (non-hydrogen) atoms. The maximum atomic E-state index is 11.6. The van der Waals surface area contributed by atoms with Gasteiger partial charge in [-0.2, -0.15) is 0 Å². The lowest BCUT2D eigenvalue weighted by Crippen LogP contribution is -2.31. The average Bonchev–Trinajstić information content (AvgIpc) is 2.46. The smallest absolute Gasteiger partial charge is 0.272 e. The van der Waals surface area contributed by atoms with Crippen molar-refractivity contribution < 1.29 is 4.79 Å². The van der Waals surface area contributed by atoms with Crippen LogP contribution in [0.2, 0.25) is 0 Å². The molecule has 0 radical (unpaired) electrons. The van der Waals surface area contributed by atoms with Gasteiger partial charge in [-0.1, -0.05) is 6.08 Å². The molecule has 1 aromatic heterocycles. The molecular formula is C13H18N4O. The molecule has 0 aliphatic carbocycles. The number of aromatic nitrogens is 2. The third-order valence-corrected chi connectivity index (χ3v) is 2.97. The lowest BCUT2D eigenvalue weighted by Gasteiger charge is -2.27. The van der Waals surface area contributed by atoms with Crippen molar-refractivity contribution in [3.8, 4) is 0 Å². The van der Waals surface area contributed by atoms with Gasteiger partial charge in [-0.15, -0.1) is 16.8 Å². The van der Waals surface area contributed by atoms with Crippen LogP contribution < -0.4 is 10.2 Å². The van der Waals surface area contributed by atoms with Gasteiger partial charge in [0.15, 0.2) is 11.5 Å². The van der Waals surface area contributed by atoms with Crippen LogP contribution in [-0.4, -0.2) is 35.7 Å². The van der Waals surface area contributed by atoms with Crippen molar-refractivity contribution in [1.82, 2.24) is 15.5 Å². The predicted molar refractivity (Wildman–Crippen MR) is 70.6 cm³/mol. The first-order valence-corrected chi connectivity index (χ1v) is 6.29. The molecule has 0 aromatic carbocycles. The van der Waals surface area contributed by atoms with Crippen LogP contribution in [0.15, 0.2) is 24.8 Å². The first kappa shape index (κ1) is 12.5. The lowest BCUT2D eigenvalue weighted by atomic mass is 10.1. The molecule has 1 amide bonds. The van der Waals surface area contributed by atoms with Crippen LogP contribution in [0.1, 0.15) is 29.8 Å². The van der Waals surface area contributed by atoms with Crippen molar-refractivity contribution in [2.24, 2.45) is 0 Å². The van der Waals surface area contributed by atoms with Gasteiger partial charge < -0.3 is 10.2 Å². The van der Waals surface area contributed by atoms with Gasteiger partial charge in [-0.25, -0.2) is 0 Å². The molecule has 1 N–H and O–H groups in total. The van der Waals surface area contributed by atoms with E-state index >= 15 is 0 Å². The fourth-order valence-corrected chi connectivity index (χ4v) is 1.99. The van der Waals surface area contributed by atoms with Crippen molar-refractivity contribution in [3.63, 3.8) is 0 Å². The predicted octanol–water partition coefficient (Wildman–Crippen LogP) is 1.38. The molecule has 2 rings (SSSR count). The van der Waals surface area contributed by atoms with Gasteiger partial charge in [0.25, 0.3) is 5.91 Å². The van der Waals surface area contributed by atoms with Crippen molar-refractivity contribution >= 4 is 11.7 Å². The monoisotopic (exact) mass is 246 g/mol. The van der Waals surface area contributed by atoms with Gasteiger partial charge in [-0.3, -0.25) is 4.79 Å². The van der Waals surface area contributed by atoms with Crippen LogP contribution in [0.5, 0.6) is 0 Å². The van der Waals surface area contributed by atoms with Crippen molar-refractivity contribution in [2.75, 3.05) is 24.5 Å². The molecule has 0 atom stereocenters. The first-order valence-electron chi connectivity index (χ1n) is 6.29. The second-order valence-corrected chi connectivity index (χ2v) is 4.32. The fraction of sp³-hybridized carbons (Fsp3) is 0.462. The van der Waals surface area contributed by atoms with Crippen LogP contribution >= 0.6 is 0 Å². The largest absolute Gasteiger partial charge is 0.355 e. The molecule has 1 aliphatic rings. The Bertz CT molecular complexity index is 410. The van der Waals surface area contributed by atoms with E-state index in [1.807, 2.05) is 6.07 Å². The SMILES string of the molecule is C=CCNC(=O)c1ccc(N2CCCCC2)nn1. The summed E-state index contributed by atoms with van der Waals surface area (Å²) in [5.41, 5.74) is 0.345. The third-order valence-electron chi connectivity index (χ3n) is 2.97. The zero-order valence-electron chi connectivity index (χ0n) is 10.4. The van der Waals surface area contributed by atoms with Gasteiger partial charge in [-0.05, 0) is 31.4 Å². The Balaban J connectivity index is 2.00. The van der Waals surface area contributed by atoms with E-state index in [1.54, 1.807) is 12.1 Å².